The molecule has 0 aliphatic heterocycles. The molecule has 0 spiro atoms. The van der Waals surface area contributed by atoms with E-state index < -0.39 is 0 Å². The molecule has 1 amide bonds. The molecular formula is C13H17NO2. The molecule has 0 heterocycles. The van der Waals surface area contributed by atoms with Crippen molar-refractivity contribution in [3.8, 4) is 5.75 Å². The van der Waals surface area contributed by atoms with Crippen LogP contribution in [-0.4, -0.2) is 16.6 Å². The van der Waals surface area contributed by atoms with Crippen molar-refractivity contribution in [2.45, 2.75) is 38.1 Å². The second-order valence-electron chi connectivity index (χ2n) is 4.77. The molecule has 1 aliphatic rings. The molecular weight excluding hydrogens is 202 g/mol. The summed E-state index contributed by atoms with van der Waals surface area (Å²) in [5, 5.41) is 12.4. The number of phenols is 1. The zero-order valence-electron chi connectivity index (χ0n) is 9.49. The normalized spacial score (nSPS) is 18.3. The average Bonchev–Trinajstić information content (AvgIpc) is 2.65. The molecule has 0 atom stereocenters. The number of hydrogen-bond acceptors (Lipinski definition) is 2. The number of aromatic hydroxyl groups is 1. The van der Waals surface area contributed by atoms with Crippen LogP contribution in [0.15, 0.2) is 24.3 Å². The van der Waals surface area contributed by atoms with Gasteiger partial charge < -0.3 is 10.4 Å². The Balaban J connectivity index is 2.08. The third kappa shape index (κ3) is 2.35. The third-order valence-corrected chi connectivity index (χ3v) is 3.23. The Morgan fingerprint density at radius 1 is 1.38 bits per heavy atom. The standard InChI is InChI=1S/C13H17NO2/c1-13(7-2-3-8-13)14-12(16)10-5-4-6-11(15)9-10/h4-6,9,15H,2-3,7-8H2,1H3,(H,14,16). The van der Waals surface area contributed by atoms with E-state index in [0.29, 0.717) is 5.56 Å². The van der Waals surface area contributed by atoms with Crippen LogP contribution in [0.2, 0.25) is 0 Å². The minimum Gasteiger partial charge on any atom is -0.508 e. The number of benzene rings is 1. The van der Waals surface area contributed by atoms with Gasteiger partial charge in [-0.3, -0.25) is 4.79 Å². The summed E-state index contributed by atoms with van der Waals surface area (Å²) in [7, 11) is 0. The predicted octanol–water partition coefficient (Wildman–Crippen LogP) is 2.45. The summed E-state index contributed by atoms with van der Waals surface area (Å²) in [4.78, 5) is 11.9. The van der Waals surface area contributed by atoms with E-state index in [-0.39, 0.29) is 17.2 Å². The lowest BCUT2D eigenvalue weighted by atomic mass is 10.00. The summed E-state index contributed by atoms with van der Waals surface area (Å²) in [6.45, 7) is 2.08. The fourth-order valence-electron chi connectivity index (χ4n) is 2.27. The van der Waals surface area contributed by atoms with Gasteiger partial charge in [0.05, 0.1) is 0 Å². The molecule has 1 aromatic carbocycles. The number of carbonyl (C=O) groups is 1. The Labute approximate surface area is 95.5 Å². The fraction of sp³-hybridized carbons (Fsp3) is 0.462. The van der Waals surface area contributed by atoms with Gasteiger partial charge in [0.25, 0.3) is 5.91 Å². The van der Waals surface area contributed by atoms with Crippen molar-refractivity contribution in [2.75, 3.05) is 0 Å². The van der Waals surface area contributed by atoms with Crippen molar-refractivity contribution in [1.29, 1.82) is 0 Å². The molecule has 3 heteroatoms. The number of hydrogen-bond donors (Lipinski definition) is 2. The van der Waals surface area contributed by atoms with Crippen LogP contribution >= 0.6 is 0 Å². The van der Waals surface area contributed by atoms with Gasteiger partial charge in [-0.15, -0.1) is 0 Å². The first-order valence-corrected chi connectivity index (χ1v) is 5.71. The highest BCUT2D eigenvalue weighted by Gasteiger charge is 2.30. The van der Waals surface area contributed by atoms with Gasteiger partial charge in [0.15, 0.2) is 0 Å². The lowest BCUT2D eigenvalue weighted by molar-refractivity contribution is 0.0907. The number of amides is 1. The molecule has 1 aromatic rings. The van der Waals surface area contributed by atoms with E-state index in [1.165, 1.54) is 18.9 Å². The van der Waals surface area contributed by atoms with Crippen molar-refractivity contribution in [3.63, 3.8) is 0 Å². The minimum absolute atomic E-state index is 0.0669. The molecule has 1 fully saturated rings. The van der Waals surface area contributed by atoms with Gasteiger partial charge in [0, 0.05) is 11.1 Å². The fourth-order valence-corrected chi connectivity index (χ4v) is 2.27. The smallest absolute Gasteiger partial charge is 0.251 e. The molecule has 2 rings (SSSR count). The number of rotatable bonds is 2. The van der Waals surface area contributed by atoms with E-state index >= 15 is 0 Å². The highest BCUT2D eigenvalue weighted by atomic mass is 16.3. The molecule has 0 aromatic heterocycles. The average molecular weight is 219 g/mol. The summed E-state index contributed by atoms with van der Waals surface area (Å²) in [6, 6.07) is 6.45. The maximum atomic E-state index is 11.9. The number of carbonyl (C=O) groups excluding carboxylic acids is 1. The first kappa shape index (κ1) is 11.0. The van der Waals surface area contributed by atoms with Crippen LogP contribution in [0.4, 0.5) is 0 Å². The molecule has 2 N–H and O–H groups in total. The maximum absolute atomic E-state index is 11.9. The van der Waals surface area contributed by atoms with Gasteiger partial charge in [0.2, 0.25) is 0 Å². The van der Waals surface area contributed by atoms with Crippen LogP contribution in [0, 0.1) is 0 Å². The summed E-state index contributed by atoms with van der Waals surface area (Å²) < 4.78 is 0. The molecule has 16 heavy (non-hydrogen) atoms. The van der Waals surface area contributed by atoms with Crippen LogP contribution in [0.5, 0.6) is 5.75 Å². The SMILES string of the molecule is CC1(NC(=O)c2cccc(O)c2)CCCC1. The molecule has 1 saturated carbocycles. The van der Waals surface area contributed by atoms with Gasteiger partial charge in [-0.25, -0.2) is 0 Å². The Morgan fingerprint density at radius 3 is 2.69 bits per heavy atom. The lowest BCUT2D eigenvalue weighted by Crippen LogP contribution is -2.43. The minimum atomic E-state index is -0.0969. The Bertz CT molecular complexity index is 395. The quantitative estimate of drug-likeness (QED) is 0.802. The van der Waals surface area contributed by atoms with Crippen LogP contribution in [-0.2, 0) is 0 Å². The summed E-state index contributed by atoms with van der Waals surface area (Å²) in [5.74, 6) is 0.0320. The predicted molar refractivity (Wildman–Crippen MR) is 62.4 cm³/mol. The van der Waals surface area contributed by atoms with Crippen LogP contribution in [0.1, 0.15) is 43.0 Å². The lowest BCUT2D eigenvalue weighted by Gasteiger charge is -2.25. The summed E-state index contributed by atoms with van der Waals surface area (Å²) in [5.41, 5.74) is 0.454. The third-order valence-electron chi connectivity index (χ3n) is 3.23. The van der Waals surface area contributed by atoms with Crippen LogP contribution in [0.3, 0.4) is 0 Å². The van der Waals surface area contributed by atoms with Crippen molar-refractivity contribution in [3.05, 3.63) is 29.8 Å². The highest BCUT2D eigenvalue weighted by Crippen LogP contribution is 2.29. The van der Waals surface area contributed by atoms with Crippen LogP contribution in [0.25, 0.3) is 0 Å². The second-order valence-corrected chi connectivity index (χ2v) is 4.77. The molecule has 0 saturated heterocycles. The Kier molecular flexibility index (Phi) is 2.86. The summed E-state index contributed by atoms with van der Waals surface area (Å²) in [6.07, 6.45) is 4.43. The van der Waals surface area contributed by atoms with E-state index in [1.807, 2.05) is 0 Å². The van der Waals surface area contributed by atoms with Crippen LogP contribution < -0.4 is 5.32 Å². The van der Waals surface area contributed by atoms with Crippen molar-refractivity contribution < 1.29 is 9.90 Å². The first-order chi connectivity index (χ1) is 7.59. The highest BCUT2D eigenvalue weighted by molar-refractivity contribution is 5.95. The molecule has 0 unspecified atom stereocenters. The zero-order chi connectivity index (χ0) is 11.6. The van der Waals surface area contributed by atoms with Gasteiger partial charge in [-0.2, -0.15) is 0 Å². The van der Waals surface area contributed by atoms with E-state index in [2.05, 4.69) is 12.2 Å². The molecule has 3 nitrogen and oxygen atoms in total. The molecule has 86 valence electrons. The largest absolute Gasteiger partial charge is 0.508 e. The Morgan fingerprint density at radius 2 is 2.06 bits per heavy atom. The van der Waals surface area contributed by atoms with E-state index in [4.69, 9.17) is 0 Å². The maximum Gasteiger partial charge on any atom is 0.251 e. The topological polar surface area (TPSA) is 49.3 Å². The van der Waals surface area contributed by atoms with Gasteiger partial charge in [-0.1, -0.05) is 18.9 Å². The molecule has 0 radical (unpaired) electrons. The zero-order valence-corrected chi connectivity index (χ0v) is 9.49. The van der Waals surface area contributed by atoms with Gasteiger partial charge in [-0.05, 0) is 38.0 Å². The number of phenolic OH excluding ortho intramolecular Hbond substituents is 1. The Hall–Kier alpha value is -1.51. The van der Waals surface area contributed by atoms with E-state index in [9.17, 15) is 9.90 Å². The number of nitrogens with one attached hydrogen (secondary N) is 1. The van der Waals surface area contributed by atoms with E-state index in [0.717, 1.165) is 12.8 Å². The van der Waals surface area contributed by atoms with Gasteiger partial charge in [0.1, 0.15) is 5.75 Å². The monoisotopic (exact) mass is 219 g/mol. The van der Waals surface area contributed by atoms with Gasteiger partial charge >= 0.3 is 0 Å². The van der Waals surface area contributed by atoms with Crippen molar-refractivity contribution in [2.24, 2.45) is 0 Å². The first-order valence-electron chi connectivity index (χ1n) is 5.71. The van der Waals surface area contributed by atoms with Crippen molar-refractivity contribution in [1.82, 2.24) is 5.32 Å². The summed E-state index contributed by atoms with van der Waals surface area (Å²) >= 11 is 0. The van der Waals surface area contributed by atoms with E-state index in [1.54, 1.807) is 18.2 Å². The van der Waals surface area contributed by atoms with Crippen molar-refractivity contribution >= 4 is 5.91 Å². The molecule has 1 aliphatic carbocycles. The molecule has 0 bridgehead atoms. The second kappa shape index (κ2) is 4.16.